The minimum absolute atomic E-state index is 0.337. The summed E-state index contributed by atoms with van der Waals surface area (Å²) < 4.78 is 5.63. The van der Waals surface area contributed by atoms with E-state index in [1.165, 1.54) is 12.8 Å². The topological polar surface area (TPSA) is 24.5 Å². The Labute approximate surface area is 107 Å². The third-order valence-electron chi connectivity index (χ3n) is 4.08. The molecular formula is C14H30N2O. The molecule has 0 spiro atoms. The molecule has 1 fully saturated rings. The van der Waals surface area contributed by atoms with Gasteiger partial charge in [-0.25, -0.2) is 0 Å². The van der Waals surface area contributed by atoms with Crippen LogP contribution in [0.25, 0.3) is 0 Å². The first kappa shape index (κ1) is 14.9. The molecule has 2 unspecified atom stereocenters. The van der Waals surface area contributed by atoms with E-state index in [4.69, 9.17) is 4.74 Å². The summed E-state index contributed by atoms with van der Waals surface area (Å²) in [6.07, 6.45) is 2.93. The van der Waals surface area contributed by atoms with E-state index < -0.39 is 0 Å². The molecule has 17 heavy (non-hydrogen) atoms. The molecule has 3 heteroatoms. The average Bonchev–Trinajstić information content (AvgIpc) is 2.52. The fraction of sp³-hybridized carbons (Fsp3) is 1.00. The van der Waals surface area contributed by atoms with Gasteiger partial charge >= 0.3 is 0 Å². The quantitative estimate of drug-likeness (QED) is 0.772. The van der Waals surface area contributed by atoms with Gasteiger partial charge in [0, 0.05) is 18.6 Å². The van der Waals surface area contributed by atoms with Crippen molar-refractivity contribution < 1.29 is 4.74 Å². The van der Waals surface area contributed by atoms with E-state index in [0.717, 1.165) is 13.2 Å². The van der Waals surface area contributed by atoms with Crippen LogP contribution in [0.4, 0.5) is 0 Å². The van der Waals surface area contributed by atoms with Gasteiger partial charge in [0.1, 0.15) is 0 Å². The number of likely N-dealkylation sites (N-methyl/N-ethyl adjacent to an activating group) is 2. The van der Waals surface area contributed by atoms with E-state index in [0.29, 0.717) is 23.6 Å². The zero-order valence-electron chi connectivity index (χ0n) is 12.4. The van der Waals surface area contributed by atoms with E-state index in [9.17, 15) is 0 Å². The summed E-state index contributed by atoms with van der Waals surface area (Å²) in [5.74, 6) is 0. The van der Waals surface area contributed by atoms with Crippen LogP contribution in [-0.4, -0.2) is 50.3 Å². The Balaban J connectivity index is 2.44. The first-order chi connectivity index (χ1) is 7.88. The molecule has 1 rings (SSSR count). The van der Waals surface area contributed by atoms with Crippen molar-refractivity contribution in [2.24, 2.45) is 5.41 Å². The maximum atomic E-state index is 5.63. The number of nitrogens with zero attached hydrogens (tertiary/aromatic N) is 1. The highest BCUT2D eigenvalue weighted by atomic mass is 16.5. The van der Waals surface area contributed by atoms with Gasteiger partial charge in [-0.15, -0.1) is 0 Å². The fourth-order valence-corrected chi connectivity index (χ4v) is 3.02. The van der Waals surface area contributed by atoms with Crippen LogP contribution in [-0.2, 0) is 4.74 Å². The zero-order valence-corrected chi connectivity index (χ0v) is 12.4. The van der Waals surface area contributed by atoms with Crippen molar-refractivity contribution in [3.8, 4) is 0 Å². The smallest absolute Gasteiger partial charge is 0.0596 e. The molecular weight excluding hydrogens is 212 g/mol. The highest BCUT2D eigenvalue weighted by Gasteiger charge is 2.42. The highest BCUT2D eigenvalue weighted by molar-refractivity contribution is 4.99. The lowest BCUT2D eigenvalue weighted by Gasteiger charge is -2.35. The number of nitrogens with one attached hydrogen (secondary N) is 1. The lowest BCUT2D eigenvalue weighted by Crippen LogP contribution is -2.50. The van der Waals surface area contributed by atoms with Crippen LogP contribution in [0.2, 0.25) is 0 Å². The summed E-state index contributed by atoms with van der Waals surface area (Å²) in [5, 5.41) is 3.50. The molecule has 0 aromatic rings. The summed E-state index contributed by atoms with van der Waals surface area (Å²) in [7, 11) is 4.31. The van der Waals surface area contributed by atoms with Crippen molar-refractivity contribution in [3.63, 3.8) is 0 Å². The summed E-state index contributed by atoms with van der Waals surface area (Å²) >= 11 is 0. The molecule has 0 saturated heterocycles. The van der Waals surface area contributed by atoms with Gasteiger partial charge in [0.2, 0.25) is 0 Å². The van der Waals surface area contributed by atoms with Crippen molar-refractivity contribution in [2.75, 3.05) is 27.2 Å². The maximum absolute atomic E-state index is 5.63. The Hall–Kier alpha value is -0.120. The van der Waals surface area contributed by atoms with E-state index >= 15 is 0 Å². The molecule has 0 aliphatic heterocycles. The van der Waals surface area contributed by atoms with Gasteiger partial charge in [0.05, 0.1) is 12.7 Å². The third kappa shape index (κ3) is 3.94. The van der Waals surface area contributed by atoms with Crippen LogP contribution in [0.3, 0.4) is 0 Å². The normalized spacial score (nSPS) is 28.2. The molecule has 1 N–H and O–H groups in total. The van der Waals surface area contributed by atoms with Crippen LogP contribution < -0.4 is 5.32 Å². The molecule has 1 aliphatic rings. The fourth-order valence-electron chi connectivity index (χ4n) is 3.02. The summed E-state index contributed by atoms with van der Waals surface area (Å²) in [4.78, 5) is 2.46. The molecule has 0 bridgehead atoms. The van der Waals surface area contributed by atoms with Crippen molar-refractivity contribution >= 4 is 0 Å². The van der Waals surface area contributed by atoms with Crippen molar-refractivity contribution in [1.29, 1.82) is 0 Å². The van der Waals surface area contributed by atoms with Crippen LogP contribution >= 0.6 is 0 Å². The molecule has 0 heterocycles. The average molecular weight is 242 g/mol. The van der Waals surface area contributed by atoms with Crippen molar-refractivity contribution in [3.05, 3.63) is 0 Å². The lowest BCUT2D eigenvalue weighted by atomic mass is 9.86. The molecule has 1 saturated carbocycles. The van der Waals surface area contributed by atoms with Crippen LogP contribution in [0, 0.1) is 5.41 Å². The number of hydrogen-bond donors (Lipinski definition) is 1. The van der Waals surface area contributed by atoms with E-state index in [1.807, 2.05) is 0 Å². The Morgan fingerprint density at radius 2 is 2.06 bits per heavy atom. The molecule has 0 aromatic carbocycles. The summed E-state index contributed by atoms with van der Waals surface area (Å²) in [6.45, 7) is 10.8. The molecule has 1 aliphatic carbocycles. The van der Waals surface area contributed by atoms with Gasteiger partial charge in [0.15, 0.2) is 0 Å². The third-order valence-corrected chi connectivity index (χ3v) is 4.08. The Morgan fingerprint density at radius 1 is 1.41 bits per heavy atom. The predicted octanol–water partition coefficient (Wildman–Crippen LogP) is 2.12. The van der Waals surface area contributed by atoms with E-state index in [1.54, 1.807) is 0 Å². The van der Waals surface area contributed by atoms with Gasteiger partial charge < -0.3 is 10.1 Å². The molecule has 0 aromatic heterocycles. The van der Waals surface area contributed by atoms with Gasteiger partial charge in [-0.05, 0) is 46.2 Å². The Morgan fingerprint density at radius 3 is 2.59 bits per heavy atom. The molecule has 0 amide bonds. The van der Waals surface area contributed by atoms with Gasteiger partial charge in [-0.2, -0.15) is 0 Å². The first-order valence-electron chi connectivity index (χ1n) is 6.87. The second-order valence-electron chi connectivity index (χ2n) is 6.26. The zero-order chi connectivity index (χ0) is 13.1. The van der Waals surface area contributed by atoms with Crippen molar-refractivity contribution in [1.82, 2.24) is 10.2 Å². The summed E-state index contributed by atoms with van der Waals surface area (Å²) in [5.41, 5.74) is 0.409. The molecule has 0 radical (unpaired) electrons. The van der Waals surface area contributed by atoms with Gasteiger partial charge in [-0.3, -0.25) is 4.90 Å². The SMILES string of the molecule is CNC1C(N(C)CCOC(C)C)CCC1(C)C. The second-order valence-corrected chi connectivity index (χ2v) is 6.26. The largest absolute Gasteiger partial charge is 0.377 e. The highest BCUT2D eigenvalue weighted by Crippen LogP contribution is 2.39. The monoisotopic (exact) mass is 242 g/mol. The molecule has 3 nitrogen and oxygen atoms in total. The number of hydrogen-bond acceptors (Lipinski definition) is 3. The molecule has 2 atom stereocenters. The van der Waals surface area contributed by atoms with E-state index in [-0.39, 0.29) is 0 Å². The predicted molar refractivity (Wildman–Crippen MR) is 73.4 cm³/mol. The first-order valence-corrected chi connectivity index (χ1v) is 6.87. The minimum Gasteiger partial charge on any atom is -0.377 e. The van der Waals surface area contributed by atoms with Gasteiger partial charge in [0.25, 0.3) is 0 Å². The Kier molecular flexibility index (Phi) is 5.42. The van der Waals surface area contributed by atoms with Crippen molar-refractivity contribution in [2.45, 2.75) is 58.7 Å². The van der Waals surface area contributed by atoms with Crippen LogP contribution in [0.15, 0.2) is 0 Å². The number of ether oxygens (including phenoxy) is 1. The molecule has 102 valence electrons. The number of rotatable bonds is 6. The van der Waals surface area contributed by atoms with Crippen LogP contribution in [0.5, 0.6) is 0 Å². The minimum atomic E-state index is 0.337. The maximum Gasteiger partial charge on any atom is 0.0596 e. The Bertz CT molecular complexity index is 228. The lowest BCUT2D eigenvalue weighted by molar-refractivity contribution is 0.0515. The second kappa shape index (κ2) is 6.17. The standard InChI is InChI=1S/C14H30N2O/c1-11(2)17-10-9-16(6)12-7-8-14(3,4)13(12)15-5/h11-13,15H,7-10H2,1-6H3. The van der Waals surface area contributed by atoms with Crippen LogP contribution in [0.1, 0.15) is 40.5 Å². The van der Waals surface area contributed by atoms with E-state index in [2.05, 4.69) is 52.0 Å². The summed E-state index contributed by atoms with van der Waals surface area (Å²) in [6, 6.07) is 1.23. The van der Waals surface area contributed by atoms with Gasteiger partial charge in [-0.1, -0.05) is 13.8 Å².